The van der Waals surface area contributed by atoms with E-state index in [0.717, 1.165) is 37.2 Å². The van der Waals surface area contributed by atoms with Crippen LogP contribution in [0.25, 0.3) is 11.0 Å². The second kappa shape index (κ2) is 11.5. The van der Waals surface area contributed by atoms with E-state index < -0.39 is 11.7 Å². The maximum absolute atomic E-state index is 12.8. The van der Waals surface area contributed by atoms with Crippen LogP contribution >= 0.6 is 0 Å². The zero-order chi connectivity index (χ0) is 27.3. The molecule has 0 fully saturated rings. The van der Waals surface area contributed by atoms with E-state index in [9.17, 15) is 18.0 Å². The molecule has 200 valence electrons. The van der Waals surface area contributed by atoms with Crippen LogP contribution < -0.4 is 15.4 Å². The van der Waals surface area contributed by atoms with Gasteiger partial charge in [0.1, 0.15) is 17.3 Å². The van der Waals surface area contributed by atoms with Crippen molar-refractivity contribution < 1.29 is 22.7 Å². The summed E-state index contributed by atoms with van der Waals surface area (Å²) < 4.78 is 46.3. The highest BCUT2D eigenvalue weighted by Gasteiger charge is 2.30. The zero-order valence-corrected chi connectivity index (χ0v) is 21.3. The molecule has 4 rings (SSSR count). The highest BCUT2D eigenvalue weighted by Crippen LogP contribution is 2.31. The molecule has 0 radical (unpaired) electrons. The van der Waals surface area contributed by atoms with Crippen LogP contribution in [0.1, 0.15) is 25.8 Å². The van der Waals surface area contributed by atoms with E-state index in [0.29, 0.717) is 34.5 Å². The van der Waals surface area contributed by atoms with Gasteiger partial charge in [-0.3, -0.25) is 9.69 Å². The Morgan fingerprint density at radius 3 is 2.47 bits per heavy atom. The molecular weight excluding hydrogens is 497 g/mol. The number of fused-ring (bicyclic) bond motifs is 1. The molecule has 0 atom stereocenters. The molecule has 2 aromatic heterocycles. The van der Waals surface area contributed by atoms with Crippen molar-refractivity contribution in [1.82, 2.24) is 19.4 Å². The number of ether oxygens (including phenoxy) is 1. The highest BCUT2D eigenvalue weighted by molar-refractivity contribution is 5.91. The van der Waals surface area contributed by atoms with Crippen LogP contribution in [0.2, 0.25) is 0 Å². The summed E-state index contributed by atoms with van der Waals surface area (Å²) in [5.41, 5.74) is 1.21. The summed E-state index contributed by atoms with van der Waals surface area (Å²) in [6.45, 7) is 6.01. The van der Waals surface area contributed by atoms with E-state index in [2.05, 4.69) is 32.4 Å². The minimum Gasteiger partial charge on any atom is -0.457 e. The van der Waals surface area contributed by atoms with Gasteiger partial charge in [0, 0.05) is 31.1 Å². The van der Waals surface area contributed by atoms with Gasteiger partial charge in [-0.05, 0) is 62.0 Å². The Morgan fingerprint density at radius 1 is 1.05 bits per heavy atom. The number of aryl methyl sites for hydroxylation is 1. The summed E-state index contributed by atoms with van der Waals surface area (Å²) in [4.78, 5) is 23.2. The Bertz CT molecular complexity index is 1400. The number of carbonyl (C=O) groups is 1. The van der Waals surface area contributed by atoms with Gasteiger partial charge in [0.2, 0.25) is 11.9 Å². The lowest BCUT2D eigenvalue weighted by Crippen LogP contribution is -2.33. The van der Waals surface area contributed by atoms with Crippen LogP contribution in [0.5, 0.6) is 11.5 Å². The molecule has 0 saturated carbocycles. The average Bonchev–Trinajstić information content (AvgIpc) is 3.18. The van der Waals surface area contributed by atoms with Crippen LogP contribution in [-0.4, -0.2) is 45.0 Å². The Labute approximate surface area is 218 Å². The number of imidazole rings is 1. The van der Waals surface area contributed by atoms with Gasteiger partial charge < -0.3 is 19.9 Å². The number of anilines is 3. The van der Waals surface area contributed by atoms with E-state index in [4.69, 9.17) is 4.74 Å². The number of hydrogen-bond donors (Lipinski definition) is 2. The van der Waals surface area contributed by atoms with Crippen molar-refractivity contribution in [3.05, 3.63) is 66.4 Å². The predicted molar refractivity (Wildman–Crippen MR) is 141 cm³/mol. The third-order valence-electron chi connectivity index (χ3n) is 5.91. The third kappa shape index (κ3) is 6.60. The molecule has 4 aromatic rings. The van der Waals surface area contributed by atoms with Gasteiger partial charge in [0.15, 0.2) is 0 Å². The molecule has 0 aliphatic heterocycles. The lowest BCUT2D eigenvalue weighted by Gasteiger charge is -2.18. The molecule has 11 heteroatoms. The van der Waals surface area contributed by atoms with Crippen LogP contribution in [0.15, 0.2) is 60.8 Å². The number of alkyl halides is 3. The van der Waals surface area contributed by atoms with Gasteiger partial charge >= 0.3 is 6.18 Å². The zero-order valence-electron chi connectivity index (χ0n) is 21.3. The maximum Gasteiger partial charge on any atom is 0.416 e. The standard InChI is InChI=1S/C27H29F3N6O2/c1-4-14-36(5-2)17-25(37)34-24-16-21(12-13-31-24)38-20-10-11-23-22(15-20)33-26(35(23)3)32-19-8-6-18(7-9-19)27(28,29)30/h6-13,15-16H,4-5,14,17H2,1-3H3,(H,32,33)(H,31,34,37). The van der Waals surface area contributed by atoms with Gasteiger partial charge in [-0.2, -0.15) is 13.2 Å². The predicted octanol–water partition coefficient (Wildman–Crippen LogP) is 6.19. The van der Waals surface area contributed by atoms with Gasteiger partial charge in [-0.25, -0.2) is 9.97 Å². The molecule has 0 saturated heterocycles. The van der Waals surface area contributed by atoms with E-state index >= 15 is 0 Å². The molecule has 0 spiro atoms. The number of aromatic nitrogens is 3. The second-order valence-corrected chi connectivity index (χ2v) is 8.74. The fourth-order valence-electron chi connectivity index (χ4n) is 3.96. The third-order valence-corrected chi connectivity index (χ3v) is 5.91. The molecular formula is C27H29F3N6O2. The average molecular weight is 527 g/mol. The SMILES string of the molecule is CCCN(CC)CC(=O)Nc1cc(Oc2ccc3c(c2)nc(Nc2ccc(C(F)(F)F)cc2)n3C)ccn1. The van der Waals surface area contributed by atoms with E-state index in [-0.39, 0.29) is 12.5 Å². The van der Waals surface area contributed by atoms with Crippen molar-refractivity contribution >= 4 is 34.4 Å². The normalized spacial score (nSPS) is 11.7. The minimum absolute atomic E-state index is 0.145. The number of rotatable bonds is 10. The first-order valence-electron chi connectivity index (χ1n) is 12.2. The minimum atomic E-state index is -4.39. The van der Waals surface area contributed by atoms with E-state index in [1.54, 1.807) is 42.1 Å². The number of halogens is 3. The van der Waals surface area contributed by atoms with Crippen LogP contribution in [-0.2, 0) is 18.0 Å². The van der Waals surface area contributed by atoms with E-state index in [1.807, 2.05) is 13.0 Å². The van der Waals surface area contributed by atoms with Crippen molar-refractivity contribution in [2.45, 2.75) is 26.4 Å². The monoisotopic (exact) mass is 526 g/mol. The smallest absolute Gasteiger partial charge is 0.416 e. The quantitative estimate of drug-likeness (QED) is 0.256. The number of carbonyl (C=O) groups excluding carboxylic acids is 1. The van der Waals surface area contributed by atoms with Crippen molar-refractivity contribution in [2.75, 3.05) is 30.3 Å². The van der Waals surface area contributed by atoms with Crippen LogP contribution in [0, 0.1) is 0 Å². The lowest BCUT2D eigenvalue weighted by atomic mass is 10.2. The first kappa shape index (κ1) is 26.9. The number of nitrogens with one attached hydrogen (secondary N) is 2. The Morgan fingerprint density at radius 2 is 1.79 bits per heavy atom. The van der Waals surface area contributed by atoms with Crippen molar-refractivity contribution in [3.8, 4) is 11.5 Å². The number of pyridine rings is 1. The topological polar surface area (TPSA) is 84.3 Å². The number of hydrogen-bond acceptors (Lipinski definition) is 6. The Balaban J connectivity index is 1.45. The Kier molecular flexibility index (Phi) is 8.16. The molecule has 0 aliphatic carbocycles. The van der Waals surface area contributed by atoms with Gasteiger partial charge in [-0.15, -0.1) is 0 Å². The van der Waals surface area contributed by atoms with Crippen molar-refractivity contribution in [2.24, 2.45) is 7.05 Å². The summed E-state index contributed by atoms with van der Waals surface area (Å²) >= 11 is 0. The first-order valence-corrected chi connectivity index (χ1v) is 12.2. The van der Waals surface area contributed by atoms with Crippen molar-refractivity contribution in [3.63, 3.8) is 0 Å². The number of amides is 1. The van der Waals surface area contributed by atoms with Gasteiger partial charge in [0.05, 0.1) is 23.1 Å². The first-order chi connectivity index (χ1) is 18.2. The summed E-state index contributed by atoms with van der Waals surface area (Å²) in [6.07, 6.45) is -1.87. The molecule has 0 aliphatic rings. The number of nitrogens with zero attached hydrogens (tertiary/aromatic N) is 4. The van der Waals surface area contributed by atoms with E-state index in [1.165, 1.54) is 12.1 Å². The maximum atomic E-state index is 12.8. The lowest BCUT2D eigenvalue weighted by molar-refractivity contribution is -0.137. The molecule has 0 bridgehead atoms. The van der Waals surface area contributed by atoms with Crippen LogP contribution in [0.4, 0.5) is 30.6 Å². The van der Waals surface area contributed by atoms with Crippen LogP contribution in [0.3, 0.4) is 0 Å². The fraction of sp³-hybridized carbons (Fsp3) is 0.296. The molecule has 1 amide bonds. The summed E-state index contributed by atoms with van der Waals surface area (Å²) in [5, 5.41) is 5.86. The summed E-state index contributed by atoms with van der Waals surface area (Å²) in [6, 6.07) is 13.5. The number of benzene rings is 2. The Hall–Kier alpha value is -4.12. The summed E-state index contributed by atoms with van der Waals surface area (Å²) in [7, 11) is 1.81. The molecule has 2 heterocycles. The largest absolute Gasteiger partial charge is 0.457 e. The van der Waals surface area contributed by atoms with Gasteiger partial charge in [-0.1, -0.05) is 13.8 Å². The molecule has 2 N–H and O–H groups in total. The second-order valence-electron chi connectivity index (χ2n) is 8.74. The fourth-order valence-corrected chi connectivity index (χ4v) is 3.96. The molecule has 38 heavy (non-hydrogen) atoms. The summed E-state index contributed by atoms with van der Waals surface area (Å²) in [5.74, 6) is 1.74. The highest BCUT2D eigenvalue weighted by atomic mass is 19.4. The van der Waals surface area contributed by atoms with Crippen molar-refractivity contribution in [1.29, 1.82) is 0 Å². The number of likely N-dealkylation sites (N-methyl/N-ethyl adjacent to an activating group) is 1. The molecule has 8 nitrogen and oxygen atoms in total. The molecule has 2 aromatic carbocycles. The molecule has 0 unspecified atom stereocenters. The van der Waals surface area contributed by atoms with Gasteiger partial charge in [0.25, 0.3) is 0 Å².